The molecule has 1 heterocycles. The second kappa shape index (κ2) is 8.41. The maximum atomic E-state index is 11.6. The van der Waals surface area contributed by atoms with Crippen molar-refractivity contribution in [2.24, 2.45) is 10.2 Å². The highest BCUT2D eigenvalue weighted by Crippen LogP contribution is 2.41. The van der Waals surface area contributed by atoms with Crippen LogP contribution in [0.5, 0.6) is 5.75 Å². The van der Waals surface area contributed by atoms with Crippen LogP contribution in [0.1, 0.15) is 34.7 Å². The fourth-order valence-electron chi connectivity index (χ4n) is 3.93. The van der Waals surface area contributed by atoms with Gasteiger partial charge in [-0.3, -0.25) is 5.01 Å². The average molecular weight is 490 g/mol. The molecule has 0 fully saturated rings. The molecule has 166 valence electrons. The summed E-state index contributed by atoms with van der Waals surface area (Å²) in [7, 11) is -3.80. The molecule has 3 aromatic rings. The Morgan fingerprint density at radius 1 is 1.06 bits per heavy atom. The first kappa shape index (κ1) is 22.6. The Morgan fingerprint density at radius 3 is 2.28 bits per heavy atom. The summed E-state index contributed by atoms with van der Waals surface area (Å²) in [5.74, 6) is 0.115. The molecule has 0 bridgehead atoms. The average Bonchev–Trinajstić information content (AvgIpc) is 3.17. The number of sulfonamides is 1. The van der Waals surface area contributed by atoms with Crippen molar-refractivity contribution in [3.8, 4) is 5.75 Å². The van der Waals surface area contributed by atoms with Gasteiger partial charge in [0.15, 0.2) is 0 Å². The van der Waals surface area contributed by atoms with Crippen LogP contribution in [0.15, 0.2) is 64.6 Å². The van der Waals surface area contributed by atoms with E-state index in [0.29, 0.717) is 33.4 Å². The van der Waals surface area contributed by atoms with Gasteiger partial charge in [0, 0.05) is 22.0 Å². The molecule has 1 atom stereocenters. The number of hydrazone groups is 1. The van der Waals surface area contributed by atoms with Crippen LogP contribution in [0.3, 0.4) is 0 Å². The largest absolute Gasteiger partial charge is 0.507 e. The van der Waals surface area contributed by atoms with Gasteiger partial charge in [-0.05, 0) is 73.0 Å². The van der Waals surface area contributed by atoms with Crippen LogP contribution in [0.4, 0.5) is 5.69 Å². The van der Waals surface area contributed by atoms with Crippen molar-refractivity contribution < 1.29 is 13.5 Å². The van der Waals surface area contributed by atoms with Gasteiger partial charge in [-0.2, -0.15) is 5.10 Å². The van der Waals surface area contributed by atoms with E-state index in [1.807, 2.05) is 38.1 Å². The van der Waals surface area contributed by atoms with E-state index >= 15 is 0 Å². The van der Waals surface area contributed by atoms with Crippen LogP contribution >= 0.6 is 23.2 Å². The molecule has 0 aromatic heterocycles. The van der Waals surface area contributed by atoms with Crippen LogP contribution in [0.2, 0.25) is 10.0 Å². The van der Waals surface area contributed by atoms with Crippen LogP contribution in [-0.2, 0) is 10.0 Å². The van der Waals surface area contributed by atoms with Gasteiger partial charge in [0.1, 0.15) is 5.75 Å². The molecule has 1 unspecified atom stereocenters. The fourth-order valence-corrected chi connectivity index (χ4v) is 4.73. The molecule has 6 nitrogen and oxygen atoms in total. The first-order valence-corrected chi connectivity index (χ1v) is 12.1. The zero-order valence-corrected chi connectivity index (χ0v) is 19.7. The minimum Gasteiger partial charge on any atom is -0.507 e. The SMILES string of the molecule is Cc1cc(O)c(C2=NN(c3ccc(S(N)(=O)=O)cc3)C(c3ccc(Cl)cc3)C2)c(C)c1Cl. The molecule has 3 aromatic carbocycles. The lowest BCUT2D eigenvalue weighted by molar-refractivity contribution is 0.473. The lowest BCUT2D eigenvalue weighted by atomic mass is 9.94. The lowest BCUT2D eigenvalue weighted by Crippen LogP contribution is -2.19. The second-order valence-corrected chi connectivity index (χ2v) is 10.1. The van der Waals surface area contributed by atoms with Crippen LogP contribution < -0.4 is 10.1 Å². The number of nitrogens with zero attached hydrogens (tertiary/aromatic N) is 2. The molecule has 0 amide bonds. The zero-order valence-electron chi connectivity index (χ0n) is 17.4. The quantitative estimate of drug-likeness (QED) is 0.518. The van der Waals surface area contributed by atoms with Crippen molar-refractivity contribution in [2.75, 3.05) is 5.01 Å². The van der Waals surface area contributed by atoms with Gasteiger partial charge >= 0.3 is 0 Å². The third-order valence-corrected chi connectivity index (χ3v) is 7.31. The predicted molar refractivity (Wildman–Crippen MR) is 128 cm³/mol. The molecule has 4 rings (SSSR count). The third kappa shape index (κ3) is 4.21. The summed E-state index contributed by atoms with van der Waals surface area (Å²) in [5, 5.41) is 23.7. The Labute approximate surface area is 196 Å². The summed E-state index contributed by atoms with van der Waals surface area (Å²) in [6.07, 6.45) is 0.506. The highest BCUT2D eigenvalue weighted by molar-refractivity contribution is 7.89. The maximum absolute atomic E-state index is 11.6. The molecule has 3 N–H and O–H groups in total. The van der Waals surface area contributed by atoms with Gasteiger partial charge in [0.2, 0.25) is 10.0 Å². The summed E-state index contributed by atoms with van der Waals surface area (Å²) >= 11 is 12.5. The Bertz CT molecular complexity index is 1320. The second-order valence-electron chi connectivity index (χ2n) is 7.73. The molecular formula is C23H21Cl2N3O3S. The van der Waals surface area contributed by atoms with Gasteiger partial charge in [-0.15, -0.1) is 0 Å². The first-order valence-electron chi connectivity index (χ1n) is 9.80. The van der Waals surface area contributed by atoms with Crippen molar-refractivity contribution in [1.82, 2.24) is 0 Å². The van der Waals surface area contributed by atoms with Gasteiger partial charge in [0.05, 0.1) is 22.3 Å². The lowest BCUT2D eigenvalue weighted by Gasteiger charge is -2.24. The Morgan fingerprint density at radius 2 is 1.69 bits per heavy atom. The number of aryl methyl sites for hydroxylation is 1. The summed E-state index contributed by atoms with van der Waals surface area (Å²) in [6.45, 7) is 3.69. The monoisotopic (exact) mass is 489 g/mol. The molecule has 1 aliphatic rings. The first-order chi connectivity index (χ1) is 15.1. The highest BCUT2D eigenvalue weighted by Gasteiger charge is 2.32. The van der Waals surface area contributed by atoms with Crippen LogP contribution in [-0.4, -0.2) is 19.2 Å². The number of aromatic hydroxyl groups is 1. The Kier molecular flexibility index (Phi) is 5.94. The van der Waals surface area contributed by atoms with Gasteiger partial charge in [-0.25, -0.2) is 13.6 Å². The van der Waals surface area contributed by atoms with E-state index in [4.69, 9.17) is 33.4 Å². The van der Waals surface area contributed by atoms with E-state index in [2.05, 4.69) is 0 Å². The summed E-state index contributed by atoms with van der Waals surface area (Å²) in [6, 6.07) is 15.1. The van der Waals surface area contributed by atoms with Crippen molar-refractivity contribution in [2.45, 2.75) is 31.2 Å². The number of primary sulfonamides is 1. The van der Waals surface area contributed by atoms with Crippen molar-refractivity contribution in [3.63, 3.8) is 0 Å². The zero-order chi connectivity index (χ0) is 23.2. The smallest absolute Gasteiger partial charge is 0.238 e. The van der Waals surface area contributed by atoms with E-state index < -0.39 is 10.0 Å². The Balaban J connectivity index is 1.83. The number of phenols is 1. The van der Waals surface area contributed by atoms with Gasteiger partial charge in [-0.1, -0.05) is 35.3 Å². The van der Waals surface area contributed by atoms with Crippen LogP contribution in [0.25, 0.3) is 0 Å². The number of benzene rings is 3. The molecule has 0 saturated heterocycles. The fraction of sp³-hybridized carbons (Fsp3) is 0.174. The minimum atomic E-state index is -3.80. The highest BCUT2D eigenvalue weighted by atomic mass is 35.5. The number of anilines is 1. The number of halogens is 2. The third-order valence-electron chi connectivity index (χ3n) is 5.54. The number of hydrogen-bond donors (Lipinski definition) is 2. The van der Waals surface area contributed by atoms with E-state index in [0.717, 1.165) is 16.7 Å². The predicted octanol–water partition coefficient (Wildman–Crippen LogP) is 5.32. The Hall–Kier alpha value is -2.58. The summed E-state index contributed by atoms with van der Waals surface area (Å²) < 4.78 is 23.3. The number of nitrogens with two attached hydrogens (primary N) is 1. The topological polar surface area (TPSA) is 96.0 Å². The van der Waals surface area contributed by atoms with E-state index in [1.165, 1.54) is 12.1 Å². The van der Waals surface area contributed by atoms with Crippen molar-refractivity contribution >= 4 is 44.6 Å². The van der Waals surface area contributed by atoms with E-state index in [9.17, 15) is 13.5 Å². The molecular weight excluding hydrogens is 469 g/mol. The maximum Gasteiger partial charge on any atom is 0.238 e. The standard InChI is InChI=1S/C23H21Cl2N3O3S/c1-13-11-21(29)22(14(2)23(13)25)19-12-20(15-3-5-16(24)6-4-15)28(27-19)17-7-9-18(10-8-17)32(26,30)31/h3-11,20,29H,12H2,1-2H3,(H2,26,30,31). The number of hydrogen-bond acceptors (Lipinski definition) is 5. The normalized spacial score (nSPS) is 16.3. The van der Waals surface area contributed by atoms with E-state index in [1.54, 1.807) is 23.2 Å². The molecule has 9 heteroatoms. The minimum absolute atomic E-state index is 0.0199. The molecule has 0 saturated carbocycles. The molecule has 1 aliphatic heterocycles. The molecule has 0 spiro atoms. The molecule has 0 aliphatic carbocycles. The van der Waals surface area contributed by atoms with Crippen molar-refractivity contribution in [3.05, 3.63) is 86.9 Å². The summed E-state index contributed by atoms with van der Waals surface area (Å²) in [5.41, 5.74) is 4.47. The molecule has 0 radical (unpaired) electrons. The van der Waals surface area contributed by atoms with Gasteiger partial charge in [0.25, 0.3) is 0 Å². The number of rotatable bonds is 4. The van der Waals surface area contributed by atoms with E-state index in [-0.39, 0.29) is 16.7 Å². The summed E-state index contributed by atoms with van der Waals surface area (Å²) in [4.78, 5) is 0.0199. The van der Waals surface area contributed by atoms with Crippen molar-refractivity contribution in [1.29, 1.82) is 0 Å². The number of phenolic OH excluding ortho intramolecular Hbond substituents is 1. The molecule has 32 heavy (non-hydrogen) atoms. The van der Waals surface area contributed by atoms with Gasteiger partial charge < -0.3 is 5.11 Å². The van der Waals surface area contributed by atoms with Crippen LogP contribution in [0, 0.1) is 13.8 Å².